The van der Waals surface area contributed by atoms with Gasteiger partial charge in [-0.3, -0.25) is 0 Å². The molecule has 0 aliphatic carbocycles. The lowest BCUT2D eigenvalue weighted by atomic mass is 10.2. The van der Waals surface area contributed by atoms with Crippen LogP contribution in [0.1, 0.15) is 19.4 Å². The first-order chi connectivity index (χ1) is 8.79. The molecule has 1 rings (SSSR count). The Balaban J connectivity index is 2.56. The second kappa shape index (κ2) is 6.21. The minimum atomic E-state index is -4.39. The topological polar surface area (TPSA) is 53.5 Å². The Bertz CT molecular complexity index is 452. The average molecular weight is 273 g/mol. The van der Waals surface area contributed by atoms with Crippen LogP contribution in [-0.4, -0.2) is 12.2 Å². The van der Waals surface area contributed by atoms with Gasteiger partial charge in [-0.05, 0) is 30.2 Å². The molecular weight excluding hydrogens is 259 g/mol. The summed E-state index contributed by atoms with van der Waals surface area (Å²) in [5.74, 6) is 0.186. The predicted octanol–water partition coefficient (Wildman–Crippen LogP) is 3.47. The molecule has 0 atom stereocenters. The minimum absolute atomic E-state index is 0.186. The Labute approximate surface area is 108 Å². The third kappa shape index (κ3) is 5.41. The van der Waals surface area contributed by atoms with Gasteiger partial charge in [0, 0.05) is 11.9 Å². The monoisotopic (exact) mass is 273 g/mol. The molecule has 0 saturated carbocycles. The van der Waals surface area contributed by atoms with E-state index in [2.05, 4.69) is 15.8 Å². The number of nitrogens with zero attached hydrogens (tertiary/aromatic N) is 1. The smallest absolute Gasteiger partial charge is 0.307 e. The first kappa shape index (κ1) is 15.0. The first-order valence-electron chi connectivity index (χ1n) is 5.56. The van der Waals surface area contributed by atoms with Crippen LogP contribution in [-0.2, 0) is 6.18 Å². The molecule has 104 valence electrons. The van der Waals surface area contributed by atoms with Crippen molar-refractivity contribution in [1.82, 2.24) is 5.43 Å². The number of halogens is 3. The van der Waals surface area contributed by atoms with Crippen LogP contribution in [0.5, 0.6) is 0 Å². The van der Waals surface area contributed by atoms with E-state index in [0.29, 0.717) is 0 Å². The van der Waals surface area contributed by atoms with Crippen LogP contribution < -0.4 is 10.7 Å². The quantitative estimate of drug-likeness (QED) is 0.643. The first-order valence-corrected chi connectivity index (χ1v) is 5.56. The Morgan fingerprint density at radius 1 is 1.26 bits per heavy atom. The fraction of sp³-hybridized carbons (Fsp3) is 0.333. The highest BCUT2D eigenvalue weighted by Gasteiger charge is 2.29. The lowest BCUT2D eigenvalue weighted by Gasteiger charge is -2.08. The van der Waals surface area contributed by atoms with Gasteiger partial charge in [0.2, 0.25) is 0 Å². The van der Waals surface area contributed by atoms with E-state index >= 15 is 0 Å². The lowest BCUT2D eigenvalue weighted by molar-refractivity contribution is -0.137. The molecule has 7 heteroatoms. The van der Waals surface area contributed by atoms with Gasteiger partial charge in [-0.25, -0.2) is 10.2 Å². The number of hydrogen-bond acceptors (Lipinski definition) is 2. The number of amides is 2. The third-order valence-corrected chi connectivity index (χ3v) is 2.01. The molecule has 19 heavy (non-hydrogen) atoms. The molecule has 0 fully saturated rings. The zero-order valence-corrected chi connectivity index (χ0v) is 10.5. The van der Waals surface area contributed by atoms with Crippen molar-refractivity contribution in [2.75, 3.05) is 5.32 Å². The van der Waals surface area contributed by atoms with Gasteiger partial charge in [0.25, 0.3) is 0 Å². The van der Waals surface area contributed by atoms with E-state index in [1.807, 2.05) is 13.8 Å². The van der Waals surface area contributed by atoms with E-state index in [-0.39, 0.29) is 11.6 Å². The van der Waals surface area contributed by atoms with Gasteiger partial charge in [-0.1, -0.05) is 13.8 Å². The van der Waals surface area contributed by atoms with E-state index in [9.17, 15) is 18.0 Å². The number of urea groups is 1. The van der Waals surface area contributed by atoms with E-state index in [1.165, 1.54) is 18.3 Å². The summed E-state index contributed by atoms with van der Waals surface area (Å²) in [5.41, 5.74) is 1.69. The van der Waals surface area contributed by atoms with Gasteiger partial charge in [0.15, 0.2) is 0 Å². The molecule has 0 aromatic heterocycles. The second-order valence-corrected chi connectivity index (χ2v) is 4.16. The van der Waals surface area contributed by atoms with Crippen LogP contribution in [0, 0.1) is 5.92 Å². The standard InChI is InChI=1S/C12H14F3N3O/c1-8(2)7-16-18-11(19)17-10-5-3-9(4-6-10)12(13,14)15/h3-8H,1-2H3,(H2,17,18,19). The number of carbonyl (C=O) groups excluding carboxylic acids is 1. The molecule has 0 heterocycles. The summed E-state index contributed by atoms with van der Waals surface area (Å²) in [6.07, 6.45) is -2.85. The molecule has 0 unspecified atom stereocenters. The number of benzene rings is 1. The van der Waals surface area contributed by atoms with Crippen LogP contribution in [0.15, 0.2) is 29.4 Å². The molecule has 1 aromatic carbocycles. The van der Waals surface area contributed by atoms with Crippen molar-refractivity contribution in [3.05, 3.63) is 29.8 Å². The zero-order valence-electron chi connectivity index (χ0n) is 10.5. The summed E-state index contributed by atoms with van der Waals surface area (Å²) < 4.78 is 36.9. The van der Waals surface area contributed by atoms with Crippen molar-refractivity contribution >= 4 is 17.9 Å². The number of hydrogen-bond donors (Lipinski definition) is 2. The number of carbonyl (C=O) groups is 1. The Hall–Kier alpha value is -2.05. The van der Waals surface area contributed by atoms with Crippen LogP contribution in [0.4, 0.5) is 23.7 Å². The van der Waals surface area contributed by atoms with Crippen molar-refractivity contribution in [3.8, 4) is 0 Å². The SMILES string of the molecule is CC(C)C=NNC(=O)Nc1ccc(C(F)(F)F)cc1. The number of rotatable bonds is 3. The van der Waals surface area contributed by atoms with Gasteiger partial charge in [0.1, 0.15) is 0 Å². The molecule has 0 aliphatic heterocycles. The Morgan fingerprint density at radius 3 is 2.32 bits per heavy atom. The molecule has 4 nitrogen and oxygen atoms in total. The van der Waals surface area contributed by atoms with Crippen LogP contribution >= 0.6 is 0 Å². The Kier molecular flexibility index (Phi) is 4.91. The summed E-state index contributed by atoms with van der Waals surface area (Å²) in [5, 5.41) is 6.02. The van der Waals surface area contributed by atoms with Gasteiger partial charge in [-0.2, -0.15) is 18.3 Å². The van der Waals surface area contributed by atoms with Crippen LogP contribution in [0.3, 0.4) is 0 Å². The van der Waals surface area contributed by atoms with E-state index < -0.39 is 17.8 Å². The van der Waals surface area contributed by atoms with Crippen LogP contribution in [0.25, 0.3) is 0 Å². The normalized spacial score (nSPS) is 11.9. The summed E-state index contributed by atoms with van der Waals surface area (Å²) in [7, 11) is 0. The molecular formula is C12H14F3N3O. The molecule has 0 bridgehead atoms. The number of alkyl halides is 3. The second-order valence-electron chi connectivity index (χ2n) is 4.16. The molecule has 0 radical (unpaired) electrons. The Morgan fingerprint density at radius 2 is 1.84 bits per heavy atom. The molecule has 1 aromatic rings. The summed E-state index contributed by atoms with van der Waals surface area (Å²) in [6.45, 7) is 3.78. The third-order valence-electron chi connectivity index (χ3n) is 2.01. The maximum absolute atomic E-state index is 12.3. The van der Waals surface area contributed by atoms with Gasteiger partial charge in [-0.15, -0.1) is 0 Å². The fourth-order valence-electron chi connectivity index (χ4n) is 1.15. The molecule has 0 saturated heterocycles. The molecule has 2 amide bonds. The number of anilines is 1. The van der Waals surface area contributed by atoms with Crippen molar-refractivity contribution < 1.29 is 18.0 Å². The van der Waals surface area contributed by atoms with Crippen molar-refractivity contribution in [2.24, 2.45) is 11.0 Å². The van der Waals surface area contributed by atoms with E-state index in [4.69, 9.17) is 0 Å². The van der Waals surface area contributed by atoms with Gasteiger partial charge >= 0.3 is 12.2 Å². The lowest BCUT2D eigenvalue weighted by Crippen LogP contribution is -2.24. The van der Waals surface area contributed by atoms with Crippen LogP contribution in [0.2, 0.25) is 0 Å². The maximum Gasteiger partial charge on any atom is 0.416 e. The van der Waals surface area contributed by atoms with Gasteiger partial charge < -0.3 is 5.32 Å². The number of hydrazone groups is 1. The number of nitrogens with one attached hydrogen (secondary N) is 2. The largest absolute Gasteiger partial charge is 0.416 e. The van der Waals surface area contributed by atoms with Gasteiger partial charge in [0.05, 0.1) is 5.56 Å². The highest BCUT2D eigenvalue weighted by atomic mass is 19.4. The maximum atomic E-state index is 12.3. The highest BCUT2D eigenvalue weighted by molar-refractivity contribution is 5.89. The van der Waals surface area contributed by atoms with Crippen molar-refractivity contribution in [1.29, 1.82) is 0 Å². The summed E-state index contributed by atoms with van der Waals surface area (Å²) in [6, 6.07) is 3.53. The highest BCUT2D eigenvalue weighted by Crippen LogP contribution is 2.29. The molecule has 0 aliphatic rings. The fourth-order valence-corrected chi connectivity index (χ4v) is 1.15. The van der Waals surface area contributed by atoms with E-state index in [1.54, 1.807) is 0 Å². The van der Waals surface area contributed by atoms with E-state index in [0.717, 1.165) is 12.1 Å². The summed E-state index contributed by atoms with van der Waals surface area (Å²) in [4.78, 5) is 11.3. The molecule has 0 spiro atoms. The average Bonchev–Trinajstić information content (AvgIpc) is 2.27. The zero-order chi connectivity index (χ0) is 14.5. The van der Waals surface area contributed by atoms with Crippen molar-refractivity contribution in [3.63, 3.8) is 0 Å². The minimum Gasteiger partial charge on any atom is -0.307 e. The molecule has 2 N–H and O–H groups in total. The summed E-state index contributed by atoms with van der Waals surface area (Å²) >= 11 is 0. The van der Waals surface area contributed by atoms with Crippen molar-refractivity contribution in [2.45, 2.75) is 20.0 Å². The predicted molar refractivity (Wildman–Crippen MR) is 66.9 cm³/mol.